The predicted molar refractivity (Wildman–Crippen MR) is 229 cm³/mol. The van der Waals surface area contributed by atoms with Crippen molar-refractivity contribution in [2.24, 2.45) is 9.98 Å². The van der Waals surface area contributed by atoms with Gasteiger partial charge in [0.1, 0.15) is 24.7 Å². The lowest BCUT2D eigenvalue weighted by molar-refractivity contribution is 0.0347. The largest absolute Gasteiger partial charge is 0.494 e. The molecule has 0 bridgehead atoms. The van der Waals surface area contributed by atoms with Gasteiger partial charge >= 0.3 is 11.9 Å². The number of ether oxygens (including phenoxy) is 4. The fourth-order valence-electron chi connectivity index (χ4n) is 5.89. The van der Waals surface area contributed by atoms with Crippen LogP contribution >= 0.6 is 0 Å². The van der Waals surface area contributed by atoms with E-state index in [1.54, 1.807) is 36.7 Å². The molecule has 0 fully saturated rings. The molecule has 0 atom stereocenters. The number of hydrogen-bond acceptors (Lipinski definition) is 8. The molecule has 0 radical (unpaired) electrons. The molecule has 5 rings (SSSR count). The first-order valence-electron chi connectivity index (χ1n) is 20.1. The normalized spacial score (nSPS) is 11.8. The molecule has 0 aliphatic carbocycles. The fraction of sp³-hybridized carbons (Fsp3) is 0.306. The molecule has 5 aromatic rings. The maximum atomic E-state index is 13.1. The highest BCUT2D eigenvalue weighted by atomic mass is 16.5. The Morgan fingerprint density at radius 1 is 0.509 bits per heavy atom. The van der Waals surface area contributed by atoms with Gasteiger partial charge in [-0.1, -0.05) is 107 Å². The lowest BCUT2D eigenvalue weighted by Crippen LogP contribution is -2.19. The molecule has 0 aromatic heterocycles. The first kappa shape index (κ1) is 42.1. The molecule has 0 heterocycles. The van der Waals surface area contributed by atoms with Crippen LogP contribution in [0.2, 0.25) is 0 Å². The number of unbranched alkanes of at least 4 members (excludes halogenated alkanes) is 6. The number of esters is 2. The second kappa shape index (κ2) is 23.8. The Hall–Kier alpha value is -6.02. The summed E-state index contributed by atoms with van der Waals surface area (Å²) in [5.74, 6) is 0.397. The first-order valence-corrected chi connectivity index (χ1v) is 20.1. The van der Waals surface area contributed by atoms with Gasteiger partial charge in [0, 0.05) is 12.4 Å². The van der Waals surface area contributed by atoms with E-state index in [4.69, 9.17) is 18.9 Å². The van der Waals surface area contributed by atoms with E-state index in [0.29, 0.717) is 11.1 Å². The van der Waals surface area contributed by atoms with Crippen molar-refractivity contribution < 1.29 is 28.5 Å². The minimum Gasteiger partial charge on any atom is -0.494 e. The van der Waals surface area contributed by atoms with Crippen molar-refractivity contribution in [3.8, 4) is 11.5 Å². The number of aliphatic imine (C=N–C) groups is 2. The van der Waals surface area contributed by atoms with Crippen LogP contribution in [0.25, 0.3) is 0 Å². The summed E-state index contributed by atoms with van der Waals surface area (Å²) in [6, 6.07) is 39.1. The zero-order chi connectivity index (χ0) is 39.9. The van der Waals surface area contributed by atoms with Crippen molar-refractivity contribution in [1.29, 1.82) is 0 Å². The molecule has 0 aliphatic rings. The van der Waals surface area contributed by atoms with E-state index in [1.807, 2.05) is 103 Å². The van der Waals surface area contributed by atoms with E-state index < -0.39 is 11.9 Å². The number of benzene rings is 5. The number of carbonyl (C=O) groups is 2. The molecular formula is C49H54N2O6. The molecule has 5 aromatic carbocycles. The summed E-state index contributed by atoms with van der Waals surface area (Å²) in [4.78, 5) is 35.2. The molecule has 57 heavy (non-hydrogen) atoms. The van der Waals surface area contributed by atoms with Crippen LogP contribution in [-0.2, 0) is 9.47 Å². The molecule has 0 saturated carbocycles. The SMILES string of the molecule is CCCCCCOc1ccc(N=Cc2ccc(C(=O)OCC(COC(=O)c3ccc(C=Nc4ccc(OCCCCCC)cc4)cc3)c3ccccc3)cc2)cc1. The number of rotatable bonds is 23. The van der Waals surface area contributed by atoms with E-state index in [1.165, 1.54) is 38.5 Å². The van der Waals surface area contributed by atoms with Crippen molar-refractivity contribution >= 4 is 35.7 Å². The first-order chi connectivity index (χ1) is 28.0. The monoisotopic (exact) mass is 766 g/mol. The van der Waals surface area contributed by atoms with Gasteiger partial charge in [-0.3, -0.25) is 9.98 Å². The summed E-state index contributed by atoms with van der Waals surface area (Å²) in [5.41, 5.74) is 5.04. The maximum Gasteiger partial charge on any atom is 0.338 e. The van der Waals surface area contributed by atoms with Gasteiger partial charge in [-0.2, -0.15) is 0 Å². The molecule has 8 nitrogen and oxygen atoms in total. The topological polar surface area (TPSA) is 95.8 Å². The third kappa shape index (κ3) is 14.9. The van der Waals surface area contributed by atoms with Gasteiger partial charge < -0.3 is 18.9 Å². The zero-order valence-corrected chi connectivity index (χ0v) is 33.2. The second-order valence-electron chi connectivity index (χ2n) is 13.9. The second-order valence-corrected chi connectivity index (χ2v) is 13.9. The predicted octanol–water partition coefficient (Wildman–Crippen LogP) is 11.9. The van der Waals surface area contributed by atoms with Gasteiger partial charge in [0.05, 0.1) is 41.6 Å². The van der Waals surface area contributed by atoms with Crippen molar-refractivity contribution in [3.63, 3.8) is 0 Å². The van der Waals surface area contributed by atoms with Crippen LogP contribution in [-0.4, -0.2) is 50.8 Å². The summed E-state index contributed by atoms with van der Waals surface area (Å²) < 4.78 is 23.1. The lowest BCUT2D eigenvalue weighted by atomic mass is 10.0. The zero-order valence-electron chi connectivity index (χ0n) is 33.2. The van der Waals surface area contributed by atoms with Crippen LogP contribution in [0.3, 0.4) is 0 Å². The van der Waals surface area contributed by atoms with Crippen LogP contribution in [0, 0.1) is 0 Å². The Labute approximate surface area is 337 Å². The minimum absolute atomic E-state index is 0.0409. The van der Waals surface area contributed by atoms with Crippen molar-refractivity contribution in [2.45, 2.75) is 71.1 Å². The summed E-state index contributed by atoms with van der Waals surface area (Å²) in [6.45, 7) is 5.92. The van der Waals surface area contributed by atoms with E-state index in [-0.39, 0.29) is 19.1 Å². The lowest BCUT2D eigenvalue weighted by Gasteiger charge is -2.18. The van der Waals surface area contributed by atoms with Gasteiger partial charge in [-0.25, -0.2) is 9.59 Å². The molecule has 0 aliphatic heterocycles. The molecule has 0 unspecified atom stereocenters. The third-order valence-corrected chi connectivity index (χ3v) is 9.33. The Morgan fingerprint density at radius 3 is 1.33 bits per heavy atom. The Kier molecular flexibility index (Phi) is 17.6. The van der Waals surface area contributed by atoms with Gasteiger partial charge in [-0.15, -0.1) is 0 Å². The molecule has 0 amide bonds. The highest BCUT2D eigenvalue weighted by Gasteiger charge is 2.19. The van der Waals surface area contributed by atoms with Gasteiger partial charge in [-0.05, 0) is 102 Å². The number of hydrogen-bond donors (Lipinski definition) is 0. The molecule has 296 valence electrons. The third-order valence-electron chi connectivity index (χ3n) is 9.33. The average molecular weight is 767 g/mol. The Morgan fingerprint density at radius 2 is 0.930 bits per heavy atom. The van der Waals surface area contributed by atoms with Crippen LogP contribution in [0.4, 0.5) is 11.4 Å². The highest BCUT2D eigenvalue weighted by molar-refractivity contribution is 5.92. The standard InChI is InChI=1S/C49H54N2O6/c1-3-5-7-12-32-54-46-28-24-44(25-29-46)50-34-38-16-20-41(21-17-38)48(52)56-36-43(40-14-10-9-11-15-40)37-57-49(53)42-22-18-39(19-23-42)35-51-45-26-30-47(31-27-45)55-33-13-8-6-4-2/h9-11,14-31,34-35,43H,3-8,12-13,32-33,36-37H2,1-2H3. The quantitative estimate of drug-likeness (QED) is 0.0373. The van der Waals surface area contributed by atoms with E-state index in [9.17, 15) is 9.59 Å². The molecule has 8 heteroatoms. The van der Waals surface area contributed by atoms with Gasteiger partial charge in [0.2, 0.25) is 0 Å². The van der Waals surface area contributed by atoms with Gasteiger partial charge in [0.25, 0.3) is 0 Å². The van der Waals surface area contributed by atoms with Crippen LogP contribution in [0.1, 0.15) is 109 Å². The smallest absolute Gasteiger partial charge is 0.338 e. The van der Waals surface area contributed by atoms with Crippen molar-refractivity contribution in [1.82, 2.24) is 0 Å². The van der Waals surface area contributed by atoms with Gasteiger partial charge in [0.15, 0.2) is 0 Å². The summed E-state index contributed by atoms with van der Waals surface area (Å²) in [7, 11) is 0. The van der Waals surface area contributed by atoms with E-state index in [0.717, 1.165) is 65.6 Å². The van der Waals surface area contributed by atoms with Crippen LogP contribution in [0.5, 0.6) is 11.5 Å². The summed E-state index contributed by atoms with van der Waals surface area (Å²) in [6.07, 6.45) is 12.9. The van der Waals surface area contributed by atoms with Crippen molar-refractivity contribution in [3.05, 3.63) is 155 Å². The Balaban J connectivity index is 1.08. The van der Waals surface area contributed by atoms with E-state index in [2.05, 4.69) is 23.8 Å². The summed E-state index contributed by atoms with van der Waals surface area (Å²) >= 11 is 0. The highest BCUT2D eigenvalue weighted by Crippen LogP contribution is 2.22. The van der Waals surface area contributed by atoms with E-state index >= 15 is 0 Å². The molecular weight excluding hydrogens is 713 g/mol. The summed E-state index contributed by atoms with van der Waals surface area (Å²) in [5, 5.41) is 0. The number of carbonyl (C=O) groups excluding carboxylic acids is 2. The van der Waals surface area contributed by atoms with Crippen LogP contribution < -0.4 is 9.47 Å². The maximum absolute atomic E-state index is 13.1. The molecule has 0 saturated heterocycles. The average Bonchev–Trinajstić information content (AvgIpc) is 3.26. The van der Waals surface area contributed by atoms with Crippen LogP contribution in [0.15, 0.2) is 137 Å². The number of nitrogens with zero attached hydrogens (tertiary/aromatic N) is 2. The molecule has 0 spiro atoms. The minimum atomic E-state index is -0.463. The Bertz CT molecular complexity index is 1850. The molecule has 0 N–H and O–H groups in total. The van der Waals surface area contributed by atoms with Crippen molar-refractivity contribution in [2.75, 3.05) is 26.4 Å². The fourth-order valence-corrected chi connectivity index (χ4v) is 5.89.